The molecule has 0 saturated carbocycles. The predicted octanol–water partition coefficient (Wildman–Crippen LogP) is 2.41. The molecule has 8 heteroatoms. The van der Waals surface area contributed by atoms with E-state index in [0.29, 0.717) is 6.04 Å². The summed E-state index contributed by atoms with van der Waals surface area (Å²) in [7, 11) is 7.55. The van der Waals surface area contributed by atoms with E-state index in [9.17, 15) is 0 Å². The fourth-order valence-electron chi connectivity index (χ4n) is 3.18. The van der Waals surface area contributed by atoms with Gasteiger partial charge in [0.25, 0.3) is 0 Å². The summed E-state index contributed by atoms with van der Waals surface area (Å²) < 4.78 is 10.8. The zero-order valence-corrected chi connectivity index (χ0v) is 20.2. The van der Waals surface area contributed by atoms with Crippen LogP contribution in [0.3, 0.4) is 0 Å². The van der Waals surface area contributed by atoms with Crippen molar-refractivity contribution in [2.75, 3.05) is 65.9 Å². The summed E-state index contributed by atoms with van der Waals surface area (Å²) in [6.07, 6.45) is 2.13. The second kappa shape index (κ2) is 12.9. The van der Waals surface area contributed by atoms with Gasteiger partial charge in [0.1, 0.15) is 11.5 Å². The Bertz CT molecular complexity index is 590. The van der Waals surface area contributed by atoms with E-state index in [1.165, 1.54) is 0 Å². The SMILES string of the molecule is CCNC(=NCCCN(C)C)NC1CCN(c2cc(OC)cc(OC)c2)C1.I. The molecule has 1 unspecified atom stereocenters. The van der Waals surface area contributed by atoms with E-state index in [2.05, 4.69) is 53.6 Å². The zero-order valence-electron chi connectivity index (χ0n) is 17.8. The second-order valence-electron chi connectivity index (χ2n) is 7.06. The van der Waals surface area contributed by atoms with Crippen LogP contribution in [0.4, 0.5) is 5.69 Å². The van der Waals surface area contributed by atoms with E-state index in [-0.39, 0.29) is 24.0 Å². The number of hydrogen-bond acceptors (Lipinski definition) is 5. The van der Waals surface area contributed by atoms with Crippen molar-refractivity contribution in [1.29, 1.82) is 0 Å². The molecule has 2 rings (SSSR count). The first-order chi connectivity index (χ1) is 13.0. The Morgan fingerprint density at radius 2 is 1.89 bits per heavy atom. The lowest BCUT2D eigenvalue weighted by molar-refractivity contribution is 0.394. The minimum Gasteiger partial charge on any atom is -0.497 e. The number of guanidine groups is 1. The number of hydrogen-bond donors (Lipinski definition) is 2. The monoisotopic (exact) mass is 505 g/mol. The summed E-state index contributed by atoms with van der Waals surface area (Å²) in [6.45, 7) is 6.77. The van der Waals surface area contributed by atoms with Crippen LogP contribution in [-0.4, -0.2) is 77.9 Å². The molecule has 2 N–H and O–H groups in total. The van der Waals surface area contributed by atoms with E-state index in [1.54, 1.807) is 14.2 Å². The Hall–Kier alpha value is -1.42. The van der Waals surface area contributed by atoms with Gasteiger partial charge in [0.2, 0.25) is 0 Å². The van der Waals surface area contributed by atoms with Gasteiger partial charge in [-0.15, -0.1) is 24.0 Å². The number of ether oxygens (including phenoxy) is 2. The van der Waals surface area contributed by atoms with E-state index >= 15 is 0 Å². The quantitative estimate of drug-likeness (QED) is 0.233. The van der Waals surface area contributed by atoms with Gasteiger partial charge in [-0.2, -0.15) is 0 Å². The average Bonchev–Trinajstić information content (AvgIpc) is 3.13. The lowest BCUT2D eigenvalue weighted by Crippen LogP contribution is -2.44. The number of rotatable bonds is 9. The van der Waals surface area contributed by atoms with Gasteiger partial charge in [-0.25, -0.2) is 0 Å². The molecule has 160 valence electrons. The minimum atomic E-state index is 0. The standard InChI is InChI=1S/C20H35N5O2.HI/c1-6-21-20(22-9-7-10-24(2)3)23-16-8-11-25(15-16)17-12-18(26-4)14-19(13-17)27-5;/h12-14,16H,6-11,15H2,1-5H3,(H2,21,22,23);1H. The van der Waals surface area contributed by atoms with Crippen molar-refractivity contribution in [3.8, 4) is 11.5 Å². The maximum absolute atomic E-state index is 5.40. The molecule has 1 saturated heterocycles. The van der Waals surface area contributed by atoms with Crippen LogP contribution in [0.1, 0.15) is 19.8 Å². The Morgan fingerprint density at radius 3 is 2.46 bits per heavy atom. The van der Waals surface area contributed by atoms with Crippen molar-refractivity contribution in [2.24, 2.45) is 4.99 Å². The van der Waals surface area contributed by atoms with Gasteiger partial charge in [-0.3, -0.25) is 4.99 Å². The van der Waals surface area contributed by atoms with Crippen molar-refractivity contribution in [3.63, 3.8) is 0 Å². The number of nitrogens with zero attached hydrogens (tertiary/aromatic N) is 3. The molecular formula is C20H36IN5O2. The fourth-order valence-corrected chi connectivity index (χ4v) is 3.18. The van der Waals surface area contributed by atoms with E-state index in [0.717, 1.165) is 68.7 Å². The molecule has 0 spiro atoms. The first-order valence-corrected chi connectivity index (χ1v) is 9.73. The maximum Gasteiger partial charge on any atom is 0.191 e. The van der Waals surface area contributed by atoms with Gasteiger partial charge in [-0.05, 0) is 40.4 Å². The van der Waals surface area contributed by atoms with Crippen molar-refractivity contribution in [2.45, 2.75) is 25.8 Å². The molecule has 1 atom stereocenters. The van der Waals surface area contributed by atoms with Gasteiger partial charge >= 0.3 is 0 Å². The van der Waals surface area contributed by atoms with Gasteiger partial charge in [0.15, 0.2) is 5.96 Å². The number of methoxy groups -OCH3 is 2. The average molecular weight is 505 g/mol. The molecule has 28 heavy (non-hydrogen) atoms. The number of nitrogens with one attached hydrogen (secondary N) is 2. The van der Waals surface area contributed by atoms with Gasteiger partial charge in [-0.1, -0.05) is 0 Å². The van der Waals surface area contributed by atoms with E-state index in [1.807, 2.05) is 6.07 Å². The summed E-state index contributed by atoms with van der Waals surface area (Å²) >= 11 is 0. The Kier molecular flexibility index (Phi) is 11.4. The molecule has 0 radical (unpaired) electrons. The van der Waals surface area contributed by atoms with Crippen LogP contribution in [0.2, 0.25) is 0 Å². The Morgan fingerprint density at radius 1 is 1.21 bits per heavy atom. The largest absolute Gasteiger partial charge is 0.497 e. The van der Waals surface area contributed by atoms with Crippen LogP contribution in [0.15, 0.2) is 23.2 Å². The third-order valence-electron chi connectivity index (χ3n) is 4.61. The number of anilines is 1. The van der Waals surface area contributed by atoms with Gasteiger partial charge in [0, 0.05) is 56.1 Å². The second-order valence-corrected chi connectivity index (χ2v) is 7.06. The topological polar surface area (TPSA) is 61.4 Å². The lowest BCUT2D eigenvalue weighted by atomic mass is 10.2. The Balaban J connectivity index is 0.00000392. The molecule has 7 nitrogen and oxygen atoms in total. The van der Waals surface area contributed by atoms with Crippen LogP contribution in [0, 0.1) is 0 Å². The van der Waals surface area contributed by atoms with Gasteiger partial charge in [0.05, 0.1) is 14.2 Å². The lowest BCUT2D eigenvalue weighted by Gasteiger charge is -2.21. The summed E-state index contributed by atoms with van der Waals surface area (Å²) in [5, 5.41) is 6.94. The summed E-state index contributed by atoms with van der Waals surface area (Å²) in [4.78, 5) is 9.26. The van der Waals surface area contributed by atoms with Crippen molar-refractivity contribution in [1.82, 2.24) is 15.5 Å². The smallest absolute Gasteiger partial charge is 0.191 e. The highest BCUT2D eigenvalue weighted by atomic mass is 127. The third kappa shape index (κ3) is 7.90. The Labute approximate surface area is 186 Å². The van der Waals surface area contributed by atoms with E-state index < -0.39 is 0 Å². The van der Waals surface area contributed by atoms with Crippen LogP contribution in [-0.2, 0) is 0 Å². The molecule has 1 aromatic carbocycles. The number of benzene rings is 1. The zero-order chi connectivity index (χ0) is 19.6. The minimum absolute atomic E-state index is 0. The molecule has 0 bridgehead atoms. The van der Waals surface area contributed by atoms with Gasteiger partial charge < -0.3 is 29.9 Å². The predicted molar refractivity (Wildman–Crippen MR) is 128 cm³/mol. The molecule has 0 aliphatic carbocycles. The number of halogens is 1. The molecule has 1 heterocycles. The highest BCUT2D eigenvalue weighted by Gasteiger charge is 2.24. The number of aliphatic imine (C=N–C) groups is 1. The molecular weight excluding hydrogens is 469 g/mol. The maximum atomic E-state index is 5.40. The molecule has 0 aromatic heterocycles. The molecule has 1 aliphatic heterocycles. The van der Waals surface area contributed by atoms with Crippen molar-refractivity contribution < 1.29 is 9.47 Å². The van der Waals surface area contributed by atoms with Crippen LogP contribution in [0.5, 0.6) is 11.5 Å². The first kappa shape index (κ1) is 24.6. The van der Waals surface area contributed by atoms with E-state index in [4.69, 9.17) is 14.5 Å². The molecule has 0 amide bonds. The third-order valence-corrected chi connectivity index (χ3v) is 4.61. The highest BCUT2D eigenvalue weighted by molar-refractivity contribution is 14.0. The summed E-state index contributed by atoms with van der Waals surface area (Å²) in [6, 6.07) is 6.39. The normalized spacial score (nSPS) is 16.7. The van der Waals surface area contributed by atoms with Crippen LogP contribution < -0.4 is 25.0 Å². The molecule has 1 aromatic rings. The molecule has 1 fully saturated rings. The molecule has 1 aliphatic rings. The first-order valence-electron chi connectivity index (χ1n) is 9.73. The summed E-state index contributed by atoms with van der Waals surface area (Å²) in [5.41, 5.74) is 1.13. The van der Waals surface area contributed by atoms with Crippen molar-refractivity contribution in [3.05, 3.63) is 18.2 Å². The van der Waals surface area contributed by atoms with Crippen molar-refractivity contribution >= 4 is 35.6 Å². The summed E-state index contributed by atoms with van der Waals surface area (Å²) in [5.74, 6) is 2.54. The highest BCUT2D eigenvalue weighted by Crippen LogP contribution is 2.30. The fraction of sp³-hybridized carbons (Fsp3) is 0.650. The van der Waals surface area contributed by atoms with Crippen LogP contribution in [0.25, 0.3) is 0 Å². The van der Waals surface area contributed by atoms with Crippen LogP contribution >= 0.6 is 24.0 Å².